The molecule has 0 spiro atoms. The Hall–Kier alpha value is -2.91. The second-order valence-corrected chi connectivity index (χ2v) is 8.41. The summed E-state index contributed by atoms with van der Waals surface area (Å²) in [6.45, 7) is 0.219. The maximum atomic E-state index is 14.4. The topological polar surface area (TPSA) is 73.6 Å². The number of hydrogen-bond donors (Lipinski definition) is 1. The molecular formula is C24H25FN2O3. The van der Waals surface area contributed by atoms with Gasteiger partial charge in [-0.15, -0.1) is 0 Å². The summed E-state index contributed by atoms with van der Waals surface area (Å²) in [6, 6.07) is 15.6. The Bertz CT molecular complexity index is 943. The molecule has 2 aliphatic rings. The molecule has 156 valence electrons. The van der Waals surface area contributed by atoms with Gasteiger partial charge in [0.05, 0.1) is 17.2 Å². The Morgan fingerprint density at radius 2 is 1.90 bits per heavy atom. The van der Waals surface area contributed by atoms with E-state index in [4.69, 9.17) is 10.00 Å². The van der Waals surface area contributed by atoms with Gasteiger partial charge < -0.3 is 14.7 Å². The lowest BCUT2D eigenvalue weighted by atomic mass is 9.73. The summed E-state index contributed by atoms with van der Waals surface area (Å²) in [5.41, 5.74) is 0.507. The van der Waals surface area contributed by atoms with Gasteiger partial charge in [-0.1, -0.05) is 36.4 Å². The highest BCUT2D eigenvalue weighted by Crippen LogP contribution is 2.41. The minimum atomic E-state index is -1.08. The van der Waals surface area contributed by atoms with Crippen molar-refractivity contribution >= 4 is 6.09 Å². The fraction of sp³-hybridized carbons (Fsp3) is 0.417. The molecule has 0 saturated carbocycles. The molecule has 1 amide bonds. The molecule has 2 heterocycles. The van der Waals surface area contributed by atoms with E-state index >= 15 is 0 Å². The number of rotatable bonds is 4. The van der Waals surface area contributed by atoms with Crippen molar-refractivity contribution in [3.8, 4) is 6.07 Å². The zero-order valence-electron chi connectivity index (χ0n) is 16.8. The number of nitriles is 1. The van der Waals surface area contributed by atoms with Crippen molar-refractivity contribution in [1.82, 2.24) is 4.90 Å². The second kappa shape index (κ2) is 8.45. The second-order valence-electron chi connectivity index (χ2n) is 8.41. The molecule has 2 aromatic carbocycles. The molecule has 6 heteroatoms. The van der Waals surface area contributed by atoms with Crippen LogP contribution in [-0.2, 0) is 17.8 Å². The Kier molecular flexibility index (Phi) is 5.74. The molecule has 30 heavy (non-hydrogen) atoms. The van der Waals surface area contributed by atoms with Crippen molar-refractivity contribution in [2.24, 2.45) is 0 Å². The summed E-state index contributed by atoms with van der Waals surface area (Å²) < 4.78 is 19.9. The first kappa shape index (κ1) is 20.4. The van der Waals surface area contributed by atoms with E-state index < -0.39 is 11.4 Å². The zero-order valence-corrected chi connectivity index (χ0v) is 16.8. The van der Waals surface area contributed by atoms with E-state index in [9.17, 15) is 14.3 Å². The highest BCUT2D eigenvalue weighted by molar-refractivity contribution is 5.69. The van der Waals surface area contributed by atoms with Crippen molar-refractivity contribution in [3.05, 3.63) is 71.0 Å². The smallest absolute Gasteiger partial charge is 0.410 e. The van der Waals surface area contributed by atoms with Crippen LogP contribution in [-0.4, -0.2) is 33.8 Å². The molecule has 0 aromatic heterocycles. The van der Waals surface area contributed by atoms with Gasteiger partial charge in [0.15, 0.2) is 0 Å². The normalized spacial score (nSPS) is 25.4. The minimum Gasteiger partial charge on any atom is -0.445 e. The van der Waals surface area contributed by atoms with E-state index in [0.717, 1.165) is 24.8 Å². The van der Waals surface area contributed by atoms with Gasteiger partial charge in [0, 0.05) is 18.5 Å². The number of piperidine rings is 2. The van der Waals surface area contributed by atoms with Crippen LogP contribution in [0.25, 0.3) is 0 Å². The molecule has 0 radical (unpaired) electrons. The van der Waals surface area contributed by atoms with E-state index in [1.165, 1.54) is 6.07 Å². The number of amides is 1. The molecule has 2 aliphatic heterocycles. The average Bonchev–Trinajstić information content (AvgIpc) is 2.73. The van der Waals surface area contributed by atoms with Crippen LogP contribution in [0.4, 0.5) is 9.18 Å². The molecule has 2 unspecified atom stereocenters. The number of nitrogens with zero attached hydrogens (tertiary/aromatic N) is 2. The van der Waals surface area contributed by atoms with Crippen molar-refractivity contribution in [1.29, 1.82) is 5.26 Å². The van der Waals surface area contributed by atoms with Crippen LogP contribution in [0.3, 0.4) is 0 Å². The summed E-state index contributed by atoms with van der Waals surface area (Å²) in [5.74, 6) is -0.475. The number of carbonyl (C=O) groups is 1. The molecule has 2 saturated heterocycles. The number of ether oxygens (including phenoxy) is 1. The lowest BCUT2D eigenvalue weighted by Gasteiger charge is -2.51. The molecular weight excluding hydrogens is 383 g/mol. The molecule has 2 fully saturated rings. The highest BCUT2D eigenvalue weighted by atomic mass is 19.1. The van der Waals surface area contributed by atoms with E-state index in [2.05, 4.69) is 0 Å². The average molecular weight is 408 g/mol. The fourth-order valence-corrected chi connectivity index (χ4v) is 4.88. The van der Waals surface area contributed by atoms with E-state index in [0.29, 0.717) is 18.4 Å². The summed E-state index contributed by atoms with van der Waals surface area (Å²) >= 11 is 0. The predicted octanol–water partition coefficient (Wildman–Crippen LogP) is 4.32. The number of halogens is 1. The Morgan fingerprint density at radius 3 is 2.53 bits per heavy atom. The number of fused-ring (bicyclic) bond motifs is 2. The van der Waals surface area contributed by atoms with E-state index in [1.807, 2.05) is 36.4 Å². The van der Waals surface area contributed by atoms with Crippen LogP contribution in [0.1, 0.15) is 48.8 Å². The first-order valence-corrected chi connectivity index (χ1v) is 10.4. The van der Waals surface area contributed by atoms with Crippen LogP contribution in [0.2, 0.25) is 0 Å². The highest BCUT2D eigenvalue weighted by Gasteiger charge is 2.48. The predicted molar refractivity (Wildman–Crippen MR) is 109 cm³/mol. The van der Waals surface area contributed by atoms with Crippen molar-refractivity contribution < 1.29 is 19.0 Å². The molecule has 2 atom stereocenters. The standard InChI is InChI=1S/C24H25FN2O3/c25-22-11-18(15-26)9-10-19(22)12-24(29)13-20-7-4-8-21(14-24)27(20)23(28)30-16-17-5-2-1-3-6-17/h1-3,5-6,9-11,20-21,29H,4,7-8,12-14,16H2. The Balaban J connectivity index is 1.45. The molecule has 0 aliphatic carbocycles. The van der Waals surface area contributed by atoms with Crippen molar-refractivity contribution in [2.75, 3.05) is 0 Å². The summed E-state index contributed by atoms with van der Waals surface area (Å²) in [5, 5.41) is 20.2. The molecule has 5 nitrogen and oxygen atoms in total. The third-order valence-electron chi connectivity index (χ3n) is 6.21. The van der Waals surface area contributed by atoms with Gasteiger partial charge >= 0.3 is 6.09 Å². The molecule has 1 N–H and O–H groups in total. The number of benzene rings is 2. The quantitative estimate of drug-likeness (QED) is 0.817. The number of aliphatic hydroxyl groups is 1. The zero-order chi connectivity index (χ0) is 21.1. The van der Waals surface area contributed by atoms with Crippen molar-refractivity contribution in [3.63, 3.8) is 0 Å². The van der Waals surface area contributed by atoms with Gasteiger partial charge in [-0.25, -0.2) is 9.18 Å². The monoisotopic (exact) mass is 408 g/mol. The van der Waals surface area contributed by atoms with Crippen LogP contribution < -0.4 is 0 Å². The Labute approximate surface area is 175 Å². The van der Waals surface area contributed by atoms with Crippen LogP contribution in [0.15, 0.2) is 48.5 Å². The SMILES string of the molecule is N#Cc1ccc(CC2(O)CC3CCCC(C2)N3C(=O)OCc2ccccc2)c(F)c1. The first-order valence-electron chi connectivity index (χ1n) is 10.4. The van der Waals surface area contributed by atoms with Gasteiger partial charge in [0.25, 0.3) is 0 Å². The number of hydrogen-bond acceptors (Lipinski definition) is 4. The van der Waals surface area contributed by atoms with Gasteiger partial charge in [-0.05, 0) is 55.4 Å². The molecule has 4 rings (SSSR count). The molecule has 2 aromatic rings. The maximum Gasteiger partial charge on any atom is 0.410 e. The van der Waals surface area contributed by atoms with Gasteiger partial charge in [-0.2, -0.15) is 5.26 Å². The lowest BCUT2D eigenvalue weighted by Crippen LogP contribution is -2.60. The molecule has 2 bridgehead atoms. The summed E-state index contributed by atoms with van der Waals surface area (Å²) in [7, 11) is 0. The van der Waals surface area contributed by atoms with E-state index in [-0.39, 0.29) is 36.8 Å². The van der Waals surface area contributed by atoms with Gasteiger partial charge in [0.1, 0.15) is 12.4 Å². The minimum absolute atomic E-state index is 0.118. The van der Waals surface area contributed by atoms with Crippen LogP contribution in [0.5, 0.6) is 0 Å². The maximum absolute atomic E-state index is 14.4. The third-order valence-corrected chi connectivity index (χ3v) is 6.21. The first-order chi connectivity index (χ1) is 14.5. The van der Waals surface area contributed by atoms with E-state index in [1.54, 1.807) is 17.0 Å². The lowest BCUT2D eigenvalue weighted by molar-refractivity contribution is -0.0849. The van der Waals surface area contributed by atoms with Crippen molar-refractivity contribution in [2.45, 2.75) is 62.8 Å². The van der Waals surface area contributed by atoms with Crippen LogP contribution in [0, 0.1) is 17.1 Å². The largest absolute Gasteiger partial charge is 0.445 e. The summed E-state index contributed by atoms with van der Waals surface area (Å²) in [4.78, 5) is 14.6. The fourth-order valence-electron chi connectivity index (χ4n) is 4.88. The Morgan fingerprint density at radius 1 is 1.20 bits per heavy atom. The number of carbonyl (C=O) groups excluding carboxylic acids is 1. The van der Waals surface area contributed by atoms with Crippen LogP contribution >= 0.6 is 0 Å². The van der Waals surface area contributed by atoms with Gasteiger partial charge in [-0.3, -0.25) is 0 Å². The third kappa shape index (κ3) is 4.31. The van der Waals surface area contributed by atoms with Gasteiger partial charge in [0.2, 0.25) is 0 Å². The summed E-state index contributed by atoms with van der Waals surface area (Å²) in [6.07, 6.45) is 3.21.